The van der Waals surface area contributed by atoms with E-state index in [1.807, 2.05) is 30.3 Å². The summed E-state index contributed by atoms with van der Waals surface area (Å²) in [5.41, 5.74) is 2.05. The molecule has 1 aromatic carbocycles. The Morgan fingerprint density at radius 1 is 1.27 bits per heavy atom. The molecule has 0 N–H and O–H groups in total. The molecule has 0 unspecified atom stereocenters. The van der Waals surface area contributed by atoms with E-state index in [4.69, 9.17) is 4.53 Å². The van der Waals surface area contributed by atoms with Crippen LogP contribution < -0.4 is 0 Å². The summed E-state index contributed by atoms with van der Waals surface area (Å²) in [6.45, 7) is 6.36. The van der Waals surface area contributed by atoms with Crippen LogP contribution in [0.4, 0.5) is 0 Å². The molecule has 82 valence electrons. The van der Waals surface area contributed by atoms with E-state index in [0.29, 0.717) is 5.33 Å². The number of nitrogens with zero attached hydrogens (tertiary/aromatic N) is 1. The van der Waals surface area contributed by atoms with E-state index >= 15 is 0 Å². The van der Waals surface area contributed by atoms with Crippen molar-refractivity contribution < 1.29 is 4.53 Å². The zero-order valence-electron chi connectivity index (χ0n) is 9.33. The van der Waals surface area contributed by atoms with E-state index in [2.05, 4.69) is 40.7 Å². The van der Waals surface area contributed by atoms with Crippen LogP contribution >= 0.6 is 15.9 Å². The predicted molar refractivity (Wildman–Crippen MR) is 71.2 cm³/mol. The highest BCUT2D eigenvalue weighted by Crippen LogP contribution is 2.08. The van der Waals surface area contributed by atoms with E-state index in [9.17, 15) is 0 Å². The molecule has 1 aromatic rings. The van der Waals surface area contributed by atoms with Crippen LogP contribution in [0.2, 0.25) is 19.6 Å². The van der Waals surface area contributed by atoms with Crippen molar-refractivity contribution in [2.24, 2.45) is 5.16 Å². The Morgan fingerprint density at radius 2 is 1.87 bits per heavy atom. The minimum absolute atomic E-state index is 0.710. The number of rotatable bonds is 4. The van der Waals surface area contributed by atoms with Gasteiger partial charge >= 0.3 is 0 Å². The average Bonchev–Trinajstić information content (AvgIpc) is 2.19. The molecule has 0 amide bonds. The van der Waals surface area contributed by atoms with Crippen LogP contribution in [-0.4, -0.2) is 19.4 Å². The van der Waals surface area contributed by atoms with Gasteiger partial charge in [0.2, 0.25) is 0 Å². The maximum atomic E-state index is 5.53. The maximum absolute atomic E-state index is 5.53. The highest BCUT2D eigenvalue weighted by molar-refractivity contribution is 9.09. The van der Waals surface area contributed by atoms with E-state index in [-0.39, 0.29) is 0 Å². The summed E-state index contributed by atoms with van der Waals surface area (Å²) in [6, 6.07) is 10.1. The molecule has 0 heterocycles. The summed E-state index contributed by atoms with van der Waals surface area (Å²) in [7, 11) is -1.58. The second-order valence-electron chi connectivity index (χ2n) is 4.24. The Hall–Kier alpha value is -0.613. The van der Waals surface area contributed by atoms with E-state index in [1.165, 1.54) is 0 Å². The lowest BCUT2D eigenvalue weighted by atomic mass is 10.1. The van der Waals surface area contributed by atoms with Crippen molar-refractivity contribution >= 4 is 30.0 Å². The highest BCUT2D eigenvalue weighted by atomic mass is 79.9. The van der Waals surface area contributed by atoms with Gasteiger partial charge in [-0.2, -0.15) is 0 Å². The monoisotopic (exact) mass is 285 g/mol. The highest BCUT2D eigenvalue weighted by Gasteiger charge is 2.16. The van der Waals surface area contributed by atoms with E-state index < -0.39 is 8.32 Å². The lowest BCUT2D eigenvalue weighted by Crippen LogP contribution is -2.23. The largest absolute Gasteiger partial charge is 0.455 e. The fraction of sp³-hybridized carbons (Fsp3) is 0.364. The van der Waals surface area contributed by atoms with Crippen molar-refractivity contribution in [2.45, 2.75) is 19.6 Å². The van der Waals surface area contributed by atoms with Gasteiger partial charge in [0.05, 0.1) is 5.71 Å². The van der Waals surface area contributed by atoms with Gasteiger partial charge in [0, 0.05) is 10.9 Å². The zero-order valence-corrected chi connectivity index (χ0v) is 11.9. The van der Waals surface area contributed by atoms with Crippen molar-refractivity contribution in [2.75, 3.05) is 5.33 Å². The molecule has 0 aromatic heterocycles. The second kappa shape index (κ2) is 5.46. The molecule has 0 atom stereocenters. The topological polar surface area (TPSA) is 21.6 Å². The first kappa shape index (κ1) is 12.5. The van der Waals surface area contributed by atoms with E-state index in [1.54, 1.807) is 0 Å². The summed E-state index contributed by atoms with van der Waals surface area (Å²) >= 11 is 3.42. The first-order valence-corrected chi connectivity index (χ1v) is 9.42. The molecule has 0 radical (unpaired) electrons. The lowest BCUT2D eigenvalue weighted by molar-refractivity contribution is 0.335. The molecule has 0 spiro atoms. The molecule has 0 saturated carbocycles. The van der Waals surface area contributed by atoms with Gasteiger partial charge < -0.3 is 4.53 Å². The Labute approximate surface area is 101 Å². The van der Waals surface area contributed by atoms with Crippen LogP contribution in [0.15, 0.2) is 35.5 Å². The summed E-state index contributed by atoms with van der Waals surface area (Å²) in [4.78, 5) is 0. The smallest absolute Gasteiger partial charge is 0.278 e. The average molecular weight is 286 g/mol. The predicted octanol–water partition coefficient (Wildman–Crippen LogP) is 3.64. The summed E-state index contributed by atoms with van der Waals surface area (Å²) in [5.74, 6) is 0. The first-order valence-electron chi connectivity index (χ1n) is 4.89. The normalized spacial score (nSPS) is 12.7. The van der Waals surface area contributed by atoms with Gasteiger partial charge in [-0.15, -0.1) is 5.16 Å². The first-order chi connectivity index (χ1) is 7.03. The molecule has 4 heteroatoms. The number of hydrogen-bond donors (Lipinski definition) is 0. The van der Waals surface area contributed by atoms with Crippen molar-refractivity contribution in [1.82, 2.24) is 0 Å². The van der Waals surface area contributed by atoms with Gasteiger partial charge in [-0.3, -0.25) is 0 Å². The molecule has 0 fully saturated rings. The molecule has 1 rings (SSSR count). The molecular weight excluding hydrogens is 270 g/mol. The van der Waals surface area contributed by atoms with Gasteiger partial charge in [0.15, 0.2) is 0 Å². The Morgan fingerprint density at radius 3 is 2.33 bits per heavy atom. The fourth-order valence-electron chi connectivity index (χ4n) is 0.977. The number of oxime groups is 1. The fourth-order valence-corrected chi connectivity index (χ4v) is 1.79. The lowest BCUT2D eigenvalue weighted by Gasteiger charge is -2.14. The number of halogens is 1. The van der Waals surface area contributed by atoms with Crippen molar-refractivity contribution in [3.05, 3.63) is 35.9 Å². The maximum Gasteiger partial charge on any atom is 0.278 e. The van der Waals surface area contributed by atoms with Crippen LogP contribution in [0.25, 0.3) is 0 Å². The van der Waals surface area contributed by atoms with Crippen LogP contribution in [0.1, 0.15) is 5.56 Å². The third-order valence-corrected chi connectivity index (χ3v) is 2.83. The number of benzene rings is 1. The summed E-state index contributed by atoms with van der Waals surface area (Å²) < 4.78 is 5.53. The van der Waals surface area contributed by atoms with Gasteiger partial charge in [0.25, 0.3) is 8.32 Å². The molecule has 0 aliphatic heterocycles. The minimum Gasteiger partial charge on any atom is -0.455 e. The molecule has 0 aliphatic rings. The molecule has 0 aliphatic carbocycles. The van der Waals surface area contributed by atoms with Gasteiger partial charge in [0.1, 0.15) is 0 Å². The third-order valence-electron chi connectivity index (χ3n) is 1.66. The van der Waals surface area contributed by atoms with Crippen LogP contribution in [0, 0.1) is 0 Å². The van der Waals surface area contributed by atoms with Gasteiger partial charge in [-0.1, -0.05) is 46.3 Å². The molecule has 0 bridgehead atoms. The summed E-state index contributed by atoms with van der Waals surface area (Å²) in [6.07, 6.45) is 0. The van der Waals surface area contributed by atoms with Crippen LogP contribution in [0.5, 0.6) is 0 Å². The second-order valence-corrected chi connectivity index (χ2v) is 9.21. The van der Waals surface area contributed by atoms with Crippen LogP contribution in [-0.2, 0) is 4.53 Å². The number of hydrogen-bond acceptors (Lipinski definition) is 2. The van der Waals surface area contributed by atoms with Gasteiger partial charge in [-0.05, 0) is 19.6 Å². The Bertz CT molecular complexity index is 332. The van der Waals surface area contributed by atoms with Gasteiger partial charge in [-0.25, -0.2) is 0 Å². The zero-order chi connectivity index (χ0) is 11.3. The molecule has 15 heavy (non-hydrogen) atoms. The third kappa shape index (κ3) is 4.62. The van der Waals surface area contributed by atoms with Crippen molar-refractivity contribution in [1.29, 1.82) is 0 Å². The summed E-state index contributed by atoms with van der Waals surface area (Å²) in [5, 5.41) is 4.93. The standard InChI is InChI=1S/C11H16BrNOSi/c1-15(2,3)14-13-11(9-12)10-7-5-4-6-8-10/h4-8H,9H2,1-3H3/b13-11+. The van der Waals surface area contributed by atoms with Crippen molar-refractivity contribution in [3.63, 3.8) is 0 Å². The van der Waals surface area contributed by atoms with E-state index in [0.717, 1.165) is 11.3 Å². The molecular formula is C11H16BrNOSi. The molecule has 0 saturated heterocycles. The Kier molecular flexibility index (Phi) is 4.54. The van der Waals surface area contributed by atoms with Crippen molar-refractivity contribution in [3.8, 4) is 0 Å². The SMILES string of the molecule is C[Si](C)(C)O/N=C(\CBr)c1ccccc1. The van der Waals surface area contributed by atoms with Crippen LogP contribution in [0.3, 0.4) is 0 Å². The molecule has 2 nitrogen and oxygen atoms in total. The quantitative estimate of drug-likeness (QED) is 0.358. The minimum atomic E-state index is -1.58. The Balaban J connectivity index is 2.81. The number of alkyl halides is 1.